The van der Waals surface area contributed by atoms with Gasteiger partial charge in [0.1, 0.15) is 10.3 Å². The van der Waals surface area contributed by atoms with E-state index in [-0.39, 0.29) is 17.0 Å². The smallest absolute Gasteiger partial charge is 0.289 e. The normalized spacial score (nSPS) is 18.0. The number of hydrogen-bond donors (Lipinski definition) is 0. The lowest BCUT2D eigenvalue weighted by Gasteiger charge is -2.21. The molecule has 0 aliphatic carbocycles. The predicted molar refractivity (Wildman–Crippen MR) is 98.0 cm³/mol. The van der Waals surface area contributed by atoms with Crippen LogP contribution in [0.1, 0.15) is 18.1 Å². The number of fused-ring (bicyclic) bond motifs is 1. The zero-order valence-corrected chi connectivity index (χ0v) is 15.7. The number of rotatable bonds is 4. The number of sulfone groups is 1. The van der Waals surface area contributed by atoms with Gasteiger partial charge in [0.2, 0.25) is 0 Å². The third-order valence-corrected chi connectivity index (χ3v) is 7.12. The van der Waals surface area contributed by atoms with Crippen molar-refractivity contribution in [1.82, 2.24) is 0 Å². The van der Waals surface area contributed by atoms with E-state index in [1.165, 1.54) is 23.5 Å². The summed E-state index contributed by atoms with van der Waals surface area (Å²) in [7, 11) is -1.81. The summed E-state index contributed by atoms with van der Waals surface area (Å²) in [4.78, 5) is 5.31. The lowest BCUT2D eigenvalue weighted by molar-refractivity contribution is 0.158. The molecule has 24 heavy (non-hydrogen) atoms. The molecule has 0 radical (unpaired) electrons. The summed E-state index contributed by atoms with van der Waals surface area (Å²) in [5, 5.41) is 3.47. The van der Waals surface area contributed by atoms with Gasteiger partial charge in [-0.3, -0.25) is 4.84 Å². The lowest BCUT2D eigenvalue weighted by Crippen LogP contribution is -2.30. The largest absolute Gasteiger partial charge is 0.466 e. The number of thiophene rings is 1. The predicted octanol–water partition coefficient (Wildman–Crippen LogP) is 3.34. The second kappa shape index (κ2) is 6.79. The van der Waals surface area contributed by atoms with E-state index in [9.17, 15) is 8.42 Å². The quantitative estimate of drug-likeness (QED) is 0.755. The zero-order valence-electron chi connectivity index (χ0n) is 13.3. The molecule has 8 heteroatoms. The fourth-order valence-electron chi connectivity index (χ4n) is 2.66. The number of anilines is 1. The van der Waals surface area contributed by atoms with Crippen LogP contribution in [0.5, 0.6) is 0 Å². The first-order valence-electron chi connectivity index (χ1n) is 7.33. The van der Waals surface area contributed by atoms with Crippen LogP contribution < -0.4 is 5.06 Å². The van der Waals surface area contributed by atoms with Crippen LogP contribution in [0, 0.1) is 0 Å². The lowest BCUT2D eigenvalue weighted by atomic mass is 10.0. The van der Waals surface area contributed by atoms with E-state index in [1.807, 2.05) is 19.1 Å². The zero-order chi connectivity index (χ0) is 17.3. The van der Waals surface area contributed by atoms with E-state index in [4.69, 9.17) is 21.8 Å². The number of thiocarbonyl (C=S) groups is 1. The van der Waals surface area contributed by atoms with Crippen LogP contribution in [-0.2, 0) is 31.6 Å². The molecule has 0 saturated heterocycles. The summed E-state index contributed by atoms with van der Waals surface area (Å²) in [6.07, 6.45) is 0.517. The molecule has 0 fully saturated rings. The summed E-state index contributed by atoms with van der Waals surface area (Å²) < 4.78 is 30.9. The number of benzene rings is 1. The van der Waals surface area contributed by atoms with Crippen molar-refractivity contribution in [1.29, 1.82) is 0 Å². The van der Waals surface area contributed by atoms with Gasteiger partial charge in [0.05, 0.1) is 18.6 Å². The van der Waals surface area contributed by atoms with Crippen molar-refractivity contribution in [3.8, 4) is 0 Å². The molecule has 0 N–H and O–H groups in total. The first kappa shape index (κ1) is 17.3. The van der Waals surface area contributed by atoms with Gasteiger partial charge >= 0.3 is 0 Å². The average Bonchev–Trinajstić information content (AvgIpc) is 3.01. The molecule has 128 valence electrons. The topological polar surface area (TPSA) is 55.8 Å². The molecule has 2 aromatic rings. The minimum absolute atomic E-state index is 0.0343. The average molecular weight is 384 g/mol. The van der Waals surface area contributed by atoms with Crippen LogP contribution in [0.25, 0.3) is 0 Å². The summed E-state index contributed by atoms with van der Waals surface area (Å²) in [5.41, 5.74) is 2.46. The Labute approximate surface area is 150 Å². The van der Waals surface area contributed by atoms with Crippen LogP contribution in [0.2, 0.25) is 0 Å². The Balaban J connectivity index is 1.95. The fraction of sp³-hybridized carbons (Fsp3) is 0.312. The van der Waals surface area contributed by atoms with Crippen molar-refractivity contribution in [3.63, 3.8) is 0 Å². The second-order valence-corrected chi connectivity index (χ2v) is 9.04. The van der Waals surface area contributed by atoms with Crippen LogP contribution in [-0.4, -0.2) is 26.8 Å². The van der Waals surface area contributed by atoms with Gasteiger partial charge < -0.3 is 4.74 Å². The third kappa shape index (κ3) is 3.46. The third-order valence-electron chi connectivity index (χ3n) is 3.68. The van der Waals surface area contributed by atoms with E-state index < -0.39 is 9.84 Å². The molecule has 1 unspecified atom stereocenters. The van der Waals surface area contributed by atoms with Crippen molar-refractivity contribution >= 4 is 44.3 Å². The molecule has 1 atom stereocenters. The summed E-state index contributed by atoms with van der Waals surface area (Å²) in [6.45, 7) is 1.92. The minimum Gasteiger partial charge on any atom is -0.466 e. The Morgan fingerprint density at radius 2 is 2.21 bits per heavy atom. The van der Waals surface area contributed by atoms with Gasteiger partial charge in [-0.2, -0.15) is 5.06 Å². The van der Waals surface area contributed by atoms with Crippen molar-refractivity contribution in [3.05, 3.63) is 46.8 Å². The standard InChI is InChI=1S/C16H17NO4S3/c1-11-8-13-9-12(10-24(18,19)15-4-3-7-23-15)5-6-14(13)17(20-2)16(22)21-11/h3-7,9,11H,8,10H2,1-2H3. The van der Waals surface area contributed by atoms with E-state index in [0.717, 1.165) is 16.8 Å². The molecule has 1 aromatic carbocycles. The van der Waals surface area contributed by atoms with Gasteiger partial charge in [-0.05, 0) is 47.8 Å². The van der Waals surface area contributed by atoms with E-state index >= 15 is 0 Å². The Kier molecular flexibility index (Phi) is 4.91. The number of nitrogens with zero attached hydrogens (tertiary/aromatic N) is 1. The highest BCUT2D eigenvalue weighted by atomic mass is 32.2. The van der Waals surface area contributed by atoms with E-state index in [2.05, 4.69) is 0 Å². The van der Waals surface area contributed by atoms with Crippen LogP contribution in [0.15, 0.2) is 39.9 Å². The van der Waals surface area contributed by atoms with Crippen LogP contribution in [0.3, 0.4) is 0 Å². The SMILES string of the molecule is CON1C(=S)OC(C)Cc2cc(CS(=O)(=O)c3cccs3)ccc21. The monoisotopic (exact) mass is 383 g/mol. The van der Waals surface area contributed by atoms with Gasteiger partial charge in [0.25, 0.3) is 5.17 Å². The molecule has 1 aliphatic rings. The molecule has 0 amide bonds. The first-order chi connectivity index (χ1) is 11.4. The molecule has 1 aromatic heterocycles. The number of ether oxygens (including phenoxy) is 1. The molecule has 3 rings (SSSR count). The molecular formula is C16H17NO4S3. The molecule has 0 spiro atoms. The van der Waals surface area contributed by atoms with Crippen LogP contribution in [0.4, 0.5) is 5.69 Å². The second-order valence-electron chi connectivity index (χ2n) is 5.53. The van der Waals surface area contributed by atoms with Crippen molar-refractivity contribution in [2.75, 3.05) is 12.2 Å². The maximum absolute atomic E-state index is 12.5. The highest BCUT2D eigenvalue weighted by molar-refractivity contribution is 7.92. The highest BCUT2D eigenvalue weighted by Gasteiger charge is 2.26. The summed E-state index contributed by atoms with van der Waals surface area (Å²) in [6, 6.07) is 8.87. The molecule has 0 bridgehead atoms. The Hall–Kier alpha value is -1.48. The van der Waals surface area contributed by atoms with Crippen molar-refractivity contribution in [2.24, 2.45) is 0 Å². The molecule has 2 heterocycles. The number of hydrogen-bond acceptors (Lipinski definition) is 6. The van der Waals surface area contributed by atoms with Gasteiger partial charge in [0.15, 0.2) is 9.84 Å². The Morgan fingerprint density at radius 3 is 2.88 bits per heavy atom. The maximum Gasteiger partial charge on any atom is 0.289 e. The van der Waals surface area contributed by atoms with Crippen molar-refractivity contribution in [2.45, 2.75) is 29.4 Å². The first-order valence-corrected chi connectivity index (χ1v) is 10.3. The van der Waals surface area contributed by atoms with Crippen LogP contribution >= 0.6 is 23.6 Å². The molecule has 1 aliphatic heterocycles. The Bertz CT molecular complexity index is 846. The van der Waals surface area contributed by atoms with E-state index in [0.29, 0.717) is 10.6 Å². The van der Waals surface area contributed by atoms with Gasteiger partial charge in [-0.1, -0.05) is 18.2 Å². The van der Waals surface area contributed by atoms with E-state index in [1.54, 1.807) is 23.6 Å². The van der Waals surface area contributed by atoms with Gasteiger partial charge in [-0.15, -0.1) is 11.3 Å². The Morgan fingerprint density at radius 1 is 1.42 bits per heavy atom. The maximum atomic E-state index is 12.5. The molecule has 5 nitrogen and oxygen atoms in total. The highest BCUT2D eigenvalue weighted by Crippen LogP contribution is 2.30. The van der Waals surface area contributed by atoms with Gasteiger partial charge in [-0.25, -0.2) is 8.42 Å². The van der Waals surface area contributed by atoms with Crippen molar-refractivity contribution < 1.29 is 18.0 Å². The summed E-state index contributed by atoms with van der Waals surface area (Å²) in [5.74, 6) is -0.0343. The molecular weight excluding hydrogens is 366 g/mol. The number of hydroxylamine groups is 1. The molecule has 0 saturated carbocycles. The van der Waals surface area contributed by atoms with Gasteiger partial charge in [0, 0.05) is 6.42 Å². The minimum atomic E-state index is -3.33. The fourth-order valence-corrected chi connectivity index (χ4v) is 5.43. The summed E-state index contributed by atoms with van der Waals surface area (Å²) >= 11 is 6.46.